The standard InChI is InChI=1S/C9H16N2OS.C2H6/c1-4-11(5-6-12-3)9-7-10-8(2)13-9;1-2/h7H,4-6H2,1-3H3;1-2H3. The highest BCUT2D eigenvalue weighted by atomic mass is 32.1. The summed E-state index contributed by atoms with van der Waals surface area (Å²) in [6, 6.07) is 0. The predicted octanol–water partition coefficient (Wildman–Crippen LogP) is 2.95. The maximum Gasteiger partial charge on any atom is 0.111 e. The van der Waals surface area contributed by atoms with E-state index in [1.165, 1.54) is 5.00 Å². The van der Waals surface area contributed by atoms with Gasteiger partial charge in [-0.15, -0.1) is 11.3 Å². The summed E-state index contributed by atoms with van der Waals surface area (Å²) >= 11 is 1.73. The van der Waals surface area contributed by atoms with E-state index in [0.29, 0.717) is 0 Å². The molecule has 0 amide bonds. The number of methoxy groups -OCH3 is 1. The fraction of sp³-hybridized carbons (Fsp3) is 0.727. The second-order valence-corrected chi connectivity index (χ2v) is 4.00. The maximum absolute atomic E-state index is 5.04. The zero-order valence-electron chi connectivity index (χ0n) is 10.4. The number of nitrogens with zero attached hydrogens (tertiary/aromatic N) is 2. The van der Waals surface area contributed by atoms with Crippen molar-refractivity contribution < 1.29 is 4.74 Å². The third kappa shape index (κ3) is 5.14. The van der Waals surface area contributed by atoms with Crippen LogP contribution >= 0.6 is 11.3 Å². The van der Waals surface area contributed by atoms with Crippen LogP contribution in [-0.4, -0.2) is 31.8 Å². The fourth-order valence-corrected chi connectivity index (χ4v) is 1.98. The van der Waals surface area contributed by atoms with Gasteiger partial charge in [0.15, 0.2) is 0 Å². The quantitative estimate of drug-likeness (QED) is 0.777. The van der Waals surface area contributed by atoms with E-state index >= 15 is 0 Å². The lowest BCUT2D eigenvalue weighted by atomic mass is 10.5. The second-order valence-electron chi connectivity index (χ2n) is 2.79. The molecule has 88 valence electrons. The number of hydrogen-bond acceptors (Lipinski definition) is 4. The van der Waals surface area contributed by atoms with Gasteiger partial charge in [-0.3, -0.25) is 0 Å². The highest BCUT2D eigenvalue weighted by Gasteiger charge is 2.06. The molecule has 15 heavy (non-hydrogen) atoms. The molecule has 0 saturated heterocycles. The van der Waals surface area contributed by atoms with E-state index in [1.807, 2.05) is 27.0 Å². The Balaban J connectivity index is 0.000000921. The lowest BCUT2D eigenvalue weighted by Crippen LogP contribution is -2.25. The van der Waals surface area contributed by atoms with Crippen molar-refractivity contribution in [1.82, 2.24) is 4.98 Å². The van der Waals surface area contributed by atoms with E-state index in [2.05, 4.69) is 16.8 Å². The first kappa shape index (κ1) is 14.4. The monoisotopic (exact) mass is 230 g/mol. The molecule has 0 unspecified atom stereocenters. The number of thiazole rings is 1. The Bertz CT molecular complexity index is 250. The highest BCUT2D eigenvalue weighted by molar-refractivity contribution is 7.15. The van der Waals surface area contributed by atoms with Crippen molar-refractivity contribution in [1.29, 1.82) is 0 Å². The van der Waals surface area contributed by atoms with Crippen LogP contribution < -0.4 is 4.90 Å². The number of aromatic nitrogens is 1. The van der Waals surface area contributed by atoms with Crippen LogP contribution in [0.15, 0.2) is 6.20 Å². The number of aryl methyl sites for hydroxylation is 1. The Morgan fingerprint density at radius 2 is 2.13 bits per heavy atom. The van der Waals surface area contributed by atoms with Gasteiger partial charge >= 0.3 is 0 Å². The molecular formula is C11H22N2OS. The van der Waals surface area contributed by atoms with Crippen LogP contribution in [0.3, 0.4) is 0 Å². The largest absolute Gasteiger partial charge is 0.383 e. The summed E-state index contributed by atoms with van der Waals surface area (Å²) in [5.41, 5.74) is 0. The number of anilines is 1. The van der Waals surface area contributed by atoms with Gasteiger partial charge in [-0.25, -0.2) is 4.98 Å². The van der Waals surface area contributed by atoms with E-state index in [-0.39, 0.29) is 0 Å². The van der Waals surface area contributed by atoms with Crippen LogP contribution in [0.4, 0.5) is 5.00 Å². The summed E-state index contributed by atoms with van der Waals surface area (Å²) in [4.78, 5) is 6.50. The van der Waals surface area contributed by atoms with Crippen molar-refractivity contribution in [3.8, 4) is 0 Å². The van der Waals surface area contributed by atoms with Gasteiger partial charge in [0.1, 0.15) is 5.00 Å². The van der Waals surface area contributed by atoms with Gasteiger partial charge in [0.05, 0.1) is 17.8 Å². The molecule has 1 heterocycles. The number of rotatable bonds is 5. The molecule has 0 spiro atoms. The Kier molecular flexibility index (Phi) is 8.33. The fourth-order valence-electron chi connectivity index (χ4n) is 1.12. The van der Waals surface area contributed by atoms with Crippen molar-refractivity contribution in [3.63, 3.8) is 0 Å². The van der Waals surface area contributed by atoms with Crippen LogP contribution in [0.25, 0.3) is 0 Å². The van der Waals surface area contributed by atoms with Crippen molar-refractivity contribution >= 4 is 16.3 Å². The van der Waals surface area contributed by atoms with E-state index < -0.39 is 0 Å². The molecule has 0 aliphatic rings. The average molecular weight is 230 g/mol. The van der Waals surface area contributed by atoms with Gasteiger partial charge in [0.2, 0.25) is 0 Å². The number of likely N-dealkylation sites (N-methyl/N-ethyl adjacent to an activating group) is 1. The molecule has 4 heteroatoms. The average Bonchev–Trinajstić information content (AvgIpc) is 2.69. The van der Waals surface area contributed by atoms with Crippen LogP contribution in [0, 0.1) is 6.92 Å². The van der Waals surface area contributed by atoms with Gasteiger partial charge in [-0.1, -0.05) is 13.8 Å². The first-order valence-corrected chi connectivity index (χ1v) is 6.26. The molecule has 0 fully saturated rings. The van der Waals surface area contributed by atoms with E-state index in [9.17, 15) is 0 Å². The minimum absolute atomic E-state index is 0.769. The van der Waals surface area contributed by atoms with E-state index in [4.69, 9.17) is 4.74 Å². The van der Waals surface area contributed by atoms with Crippen molar-refractivity contribution in [2.24, 2.45) is 0 Å². The van der Waals surface area contributed by atoms with E-state index in [1.54, 1.807) is 18.4 Å². The van der Waals surface area contributed by atoms with Gasteiger partial charge in [0, 0.05) is 20.2 Å². The van der Waals surface area contributed by atoms with Gasteiger partial charge < -0.3 is 9.64 Å². The summed E-state index contributed by atoms with van der Waals surface area (Å²) in [5, 5.41) is 2.35. The zero-order chi connectivity index (χ0) is 11.7. The smallest absolute Gasteiger partial charge is 0.111 e. The molecule has 0 N–H and O–H groups in total. The van der Waals surface area contributed by atoms with Gasteiger partial charge in [0.25, 0.3) is 0 Å². The van der Waals surface area contributed by atoms with Crippen LogP contribution in [-0.2, 0) is 4.74 Å². The summed E-state index contributed by atoms with van der Waals surface area (Å²) in [6.45, 7) is 10.9. The molecule has 0 aliphatic carbocycles. The molecule has 1 aromatic heterocycles. The Labute approximate surface area is 97.1 Å². The van der Waals surface area contributed by atoms with Gasteiger partial charge in [-0.05, 0) is 13.8 Å². The minimum Gasteiger partial charge on any atom is -0.383 e. The topological polar surface area (TPSA) is 25.4 Å². The molecular weight excluding hydrogens is 208 g/mol. The Morgan fingerprint density at radius 1 is 1.47 bits per heavy atom. The molecule has 0 atom stereocenters. The molecule has 0 radical (unpaired) electrons. The SMILES string of the molecule is CC.CCN(CCOC)c1cnc(C)s1. The summed E-state index contributed by atoms with van der Waals surface area (Å²) in [6.07, 6.45) is 1.93. The number of hydrogen-bond donors (Lipinski definition) is 0. The highest BCUT2D eigenvalue weighted by Crippen LogP contribution is 2.22. The summed E-state index contributed by atoms with van der Waals surface area (Å²) in [7, 11) is 1.73. The first-order chi connectivity index (χ1) is 7.27. The first-order valence-electron chi connectivity index (χ1n) is 5.44. The van der Waals surface area contributed by atoms with Gasteiger partial charge in [-0.2, -0.15) is 0 Å². The predicted molar refractivity (Wildman–Crippen MR) is 68.0 cm³/mol. The molecule has 3 nitrogen and oxygen atoms in total. The summed E-state index contributed by atoms with van der Waals surface area (Å²) < 4.78 is 5.04. The Morgan fingerprint density at radius 3 is 2.53 bits per heavy atom. The molecule has 0 aromatic carbocycles. The third-order valence-corrected chi connectivity index (χ3v) is 2.84. The molecule has 0 aliphatic heterocycles. The van der Waals surface area contributed by atoms with Crippen molar-refractivity contribution in [3.05, 3.63) is 11.2 Å². The normalized spacial score (nSPS) is 9.40. The molecule has 0 bridgehead atoms. The van der Waals surface area contributed by atoms with Crippen molar-refractivity contribution in [2.45, 2.75) is 27.7 Å². The van der Waals surface area contributed by atoms with Crippen LogP contribution in [0.5, 0.6) is 0 Å². The Hall–Kier alpha value is -0.610. The van der Waals surface area contributed by atoms with E-state index in [0.717, 1.165) is 24.7 Å². The second kappa shape index (κ2) is 8.68. The summed E-state index contributed by atoms with van der Waals surface area (Å²) in [5.74, 6) is 0. The lowest BCUT2D eigenvalue weighted by Gasteiger charge is -2.19. The maximum atomic E-state index is 5.04. The van der Waals surface area contributed by atoms with Crippen LogP contribution in [0.2, 0.25) is 0 Å². The minimum atomic E-state index is 0.769. The number of ether oxygens (including phenoxy) is 1. The molecule has 1 rings (SSSR count). The molecule has 0 saturated carbocycles. The lowest BCUT2D eigenvalue weighted by molar-refractivity contribution is 0.205. The zero-order valence-corrected chi connectivity index (χ0v) is 11.2. The van der Waals surface area contributed by atoms with Crippen molar-refractivity contribution in [2.75, 3.05) is 31.7 Å². The third-order valence-electron chi connectivity index (χ3n) is 1.87. The molecule has 1 aromatic rings. The van der Waals surface area contributed by atoms with Crippen LogP contribution in [0.1, 0.15) is 25.8 Å².